The highest BCUT2D eigenvalue weighted by molar-refractivity contribution is 5.89. The third-order valence-electron chi connectivity index (χ3n) is 12.8. The molecule has 1 amide bonds. The molecule has 0 radical (unpaired) electrons. The summed E-state index contributed by atoms with van der Waals surface area (Å²) in [6.07, 6.45) is -5.77. The minimum absolute atomic E-state index is 0.0369. The predicted octanol–water partition coefficient (Wildman–Crippen LogP) is -0.215. The van der Waals surface area contributed by atoms with Crippen molar-refractivity contribution < 1.29 is 58.1 Å². The van der Waals surface area contributed by atoms with Crippen molar-refractivity contribution in [2.75, 3.05) is 41.6 Å². The van der Waals surface area contributed by atoms with Crippen LogP contribution in [0.3, 0.4) is 0 Å². The summed E-state index contributed by atoms with van der Waals surface area (Å²) in [6, 6.07) is 7.64. The van der Waals surface area contributed by atoms with Gasteiger partial charge in [0, 0.05) is 83.0 Å². The van der Waals surface area contributed by atoms with E-state index in [9.17, 15) is 29.7 Å². The van der Waals surface area contributed by atoms with Crippen molar-refractivity contribution >= 4 is 18.3 Å². The van der Waals surface area contributed by atoms with Crippen molar-refractivity contribution in [3.8, 4) is 0 Å². The van der Waals surface area contributed by atoms with Gasteiger partial charge in [-0.05, 0) is 24.5 Å². The first-order valence-electron chi connectivity index (χ1n) is 15.8. The number of carbonyl (C=O) groups excluding carboxylic acids is 3. The number of nitrogens with zero attached hydrogens (tertiary/aromatic N) is 1. The first-order valence-corrected chi connectivity index (χ1v) is 15.8. The van der Waals surface area contributed by atoms with Gasteiger partial charge < -0.3 is 48.6 Å². The molecule has 0 aromatic heterocycles. The van der Waals surface area contributed by atoms with Crippen LogP contribution in [0.15, 0.2) is 30.3 Å². The monoisotopic (exact) mass is 645 g/mol. The van der Waals surface area contributed by atoms with Crippen LogP contribution in [0.5, 0.6) is 0 Å². The first kappa shape index (κ1) is 31.9. The van der Waals surface area contributed by atoms with Gasteiger partial charge in [0.2, 0.25) is 6.41 Å². The zero-order valence-corrected chi connectivity index (χ0v) is 26.6. The molecule has 1 saturated heterocycles. The number of ether oxygens (including phenoxy) is 6. The highest BCUT2D eigenvalue weighted by Gasteiger charge is 2.92. The van der Waals surface area contributed by atoms with Gasteiger partial charge in [-0.25, -0.2) is 4.79 Å². The number of carbonyl (C=O) groups is 3. The molecule has 13 nitrogen and oxygen atoms in total. The predicted molar refractivity (Wildman–Crippen MR) is 156 cm³/mol. The molecule has 3 N–H and O–H groups in total. The lowest BCUT2D eigenvalue weighted by Gasteiger charge is -2.69. The number of benzene rings is 1. The second-order valence-electron chi connectivity index (χ2n) is 14.1. The number of methoxy groups -OCH3 is 4. The van der Waals surface area contributed by atoms with Gasteiger partial charge in [-0.3, -0.25) is 9.59 Å². The minimum Gasteiger partial charge on any atom is -0.455 e. The molecule has 6 fully saturated rings. The second-order valence-corrected chi connectivity index (χ2v) is 14.1. The summed E-state index contributed by atoms with van der Waals surface area (Å²) >= 11 is 0. The van der Waals surface area contributed by atoms with Crippen molar-refractivity contribution in [3.63, 3.8) is 0 Å². The van der Waals surface area contributed by atoms with E-state index in [0.29, 0.717) is 0 Å². The van der Waals surface area contributed by atoms with Gasteiger partial charge in [0.25, 0.3) is 0 Å². The van der Waals surface area contributed by atoms with Crippen molar-refractivity contribution in [1.29, 1.82) is 0 Å². The van der Waals surface area contributed by atoms with E-state index >= 15 is 0 Å². The van der Waals surface area contributed by atoms with E-state index in [2.05, 4.69) is 0 Å². The van der Waals surface area contributed by atoms with Gasteiger partial charge in [-0.2, -0.15) is 0 Å². The Morgan fingerprint density at radius 1 is 1.02 bits per heavy atom. The summed E-state index contributed by atoms with van der Waals surface area (Å²) in [7, 11) is 5.95. The van der Waals surface area contributed by atoms with E-state index in [4.69, 9.17) is 28.4 Å². The van der Waals surface area contributed by atoms with Gasteiger partial charge in [-0.1, -0.05) is 18.2 Å². The molecule has 6 aliphatic rings. The SMILES string of the molecule is COC[C@]12CN(C=O)[C@@H]3[C@@H]4C(OC)C1[C@]3(C1C[C@@]3(O)C(OC(=O)c5ccccc5)C1[C@]4(OC(C)=O)[C@@H](O)[C@@H]3OC)[C@@H](OC)C[C@H]2O. The molecule has 46 heavy (non-hydrogen) atoms. The molecule has 7 rings (SSSR count). The third-order valence-corrected chi connectivity index (χ3v) is 12.8. The van der Waals surface area contributed by atoms with Crippen molar-refractivity contribution in [1.82, 2.24) is 4.90 Å². The summed E-state index contributed by atoms with van der Waals surface area (Å²) in [5.41, 5.74) is -5.54. The molecule has 1 heterocycles. The van der Waals surface area contributed by atoms with E-state index in [0.717, 1.165) is 6.41 Å². The van der Waals surface area contributed by atoms with Gasteiger partial charge in [0.1, 0.15) is 23.9 Å². The van der Waals surface area contributed by atoms with E-state index in [1.165, 1.54) is 28.3 Å². The topological polar surface area (TPSA) is 171 Å². The van der Waals surface area contributed by atoms with Gasteiger partial charge in [-0.15, -0.1) is 0 Å². The molecule has 1 aromatic carbocycles. The Balaban J connectivity index is 1.53. The lowest BCUT2D eigenvalue weighted by molar-refractivity contribution is -0.319. The van der Waals surface area contributed by atoms with Gasteiger partial charge in [0.05, 0.1) is 30.5 Å². The number of piperidine rings is 1. The number of fused-ring (bicyclic) bond motifs is 2. The van der Waals surface area contributed by atoms with Crippen LogP contribution in [-0.2, 0) is 38.0 Å². The number of hydrogen-bond donors (Lipinski definition) is 3. The maximum atomic E-state index is 13.7. The van der Waals surface area contributed by atoms with Crippen LogP contribution in [0.2, 0.25) is 0 Å². The molecule has 252 valence electrons. The molecule has 7 bridgehead atoms. The second kappa shape index (κ2) is 10.7. The maximum absolute atomic E-state index is 13.7. The molecule has 1 aromatic rings. The largest absolute Gasteiger partial charge is 0.455 e. The van der Waals surface area contributed by atoms with Crippen LogP contribution in [0.25, 0.3) is 0 Å². The third kappa shape index (κ3) is 3.52. The molecule has 5 aliphatic carbocycles. The fourth-order valence-corrected chi connectivity index (χ4v) is 12.0. The fourth-order valence-electron chi connectivity index (χ4n) is 12.0. The molecule has 1 aliphatic heterocycles. The minimum atomic E-state index is -1.92. The summed E-state index contributed by atoms with van der Waals surface area (Å²) in [6.45, 7) is 1.44. The first-order chi connectivity index (χ1) is 22.0. The van der Waals surface area contributed by atoms with Crippen LogP contribution < -0.4 is 0 Å². The summed E-state index contributed by atoms with van der Waals surface area (Å²) < 4.78 is 36.8. The van der Waals surface area contributed by atoms with Gasteiger partial charge in [0.15, 0.2) is 5.60 Å². The summed E-state index contributed by atoms with van der Waals surface area (Å²) in [5, 5.41) is 37.0. The number of esters is 2. The van der Waals surface area contributed by atoms with Crippen molar-refractivity contribution in [2.24, 2.45) is 34.5 Å². The Labute approximate surface area is 267 Å². The maximum Gasteiger partial charge on any atom is 0.338 e. The quantitative estimate of drug-likeness (QED) is 0.239. The number of amides is 1. The van der Waals surface area contributed by atoms with Crippen LogP contribution in [-0.4, -0.2) is 134 Å². The zero-order valence-electron chi connectivity index (χ0n) is 26.6. The van der Waals surface area contributed by atoms with Crippen molar-refractivity contribution in [2.45, 2.75) is 73.6 Å². The Bertz CT molecular complexity index is 1400. The fraction of sp³-hybridized carbons (Fsp3) is 0.727. The summed E-state index contributed by atoms with van der Waals surface area (Å²) in [4.78, 5) is 41.6. The lowest BCUT2D eigenvalue weighted by Crippen LogP contribution is -2.81. The Hall–Kier alpha value is -2.65. The van der Waals surface area contributed by atoms with E-state index in [1.807, 2.05) is 0 Å². The zero-order chi connectivity index (χ0) is 33.0. The average Bonchev–Trinajstić information content (AvgIpc) is 3.41. The van der Waals surface area contributed by atoms with Crippen molar-refractivity contribution in [3.05, 3.63) is 35.9 Å². The van der Waals surface area contributed by atoms with E-state index in [-0.39, 0.29) is 31.6 Å². The Morgan fingerprint density at radius 2 is 1.74 bits per heavy atom. The lowest BCUT2D eigenvalue weighted by atomic mass is 9.42. The highest BCUT2D eigenvalue weighted by Crippen LogP contribution is 2.80. The standard InChI is InChI=1S/C33H43NO12/c1-16(36)46-33-21-18(12-31(40,28(44-5)26(33)38)27(21)45-29(39)17-9-7-6-8-10-17)32-20(42-3)11-19(37)30(14-41-2)13-34(15-35)25(32)22(33)23(43-4)24(30)32/h6-10,15,18-28,37-38,40H,11-14H2,1-5H3/t18?,19-,20+,21?,22+,23?,24?,25-,26+,27?,28+,30+,31-,32+,33-/m1/s1. The molecule has 1 spiro atoms. The smallest absolute Gasteiger partial charge is 0.338 e. The highest BCUT2D eigenvalue weighted by atomic mass is 16.6. The Kier molecular flexibility index (Phi) is 7.41. The molecule has 5 saturated carbocycles. The van der Waals surface area contributed by atoms with Crippen LogP contribution >= 0.6 is 0 Å². The van der Waals surface area contributed by atoms with Crippen LogP contribution in [0, 0.1) is 34.5 Å². The van der Waals surface area contributed by atoms with E-state index in [1.54, 1.807) is 42.3 Å². The normalized spacial score (nSPS) is 49.4. The van der Waals surface area contributed by atoms with Crippen LogP contribution in [0.1, 0.15) is 30.1 Å². The number of rotatable bonds is 9. The van der Waals surface area contributed by atoms with Gasteiger partial charge >= 0.3 is 11.9 Å². The molecular weight excluding hydrogens is 602 g/mol. The molecule has 13 heteroatoms. The number of aliphatic hydroxyl groups excluding tert-OH is 2. The molecule has 15 atom stereocenters. The average molecular weight is 646 g/mol. The number of hydrogen-bond acceptors (Lipinski definition) is 12. The van der Waals surface area contributed by atoms with Crippen LogP contribution in [0.4, 0.5) is 0 Å². The molecule has 5 unspecified atom stereocenters. The summed E-state index contributed by atoms with van der Waals surface area (Å²) in [5.74, 6) is -4.46. The Morgan fingerprint density at radius 3 is 2.33 bits per heavy atom. The van der Waals surface area contributed by atoms with E-state index < -0.39 is 100 Å². The number of likely N-dealkylation sites (tertiary alicyclic amines) is 1. The number of aliphatic hydroxyl groups is 3. The molecular formula is C33H43NO12.